The average Bonchev–Trinajstić information content (AvgIpc) is 2.55. The minimum Gasteiger partial charge on any atom is -0.520 e. The number of phosphoric acid groups is 1. The molecule has 0 aromatic heterocycles. The molecule has 0 heterocycles. The summed E-state index contributed by atoms with van der Waals surface area (Å²) in [7, 11) is -3.86. The summed E-state index contributed by atoms with van der Waals surface area (Å²) in [6.07, 6.45) is 4.89. The van der Waals surface area contributed by atoms with E-state index in [9.17, 15) is 14.2 Å². The average molecular weight is 637 g/mol. The van der Waals surface area contributed by atoms with E-state index in [0.29, 0.717) is 13.0 Å². The number of hydrogen-bond acceptors (Lipinski definition) is 6. The quantitative estimate of drug-likeness (QED) is 0.0929. The van der Waals surface area contributed by atoms with Crippen LogP contribution in [-0.2, 0) is 46.3 Å². The van der Waals surface area contributed by atoms with Crippen LogP contribution in [0, 0.1) is 38.0 Å². The van der Waals surface area contributed by atoms with Crippen LogP contribution in [0.2, 0.25) is 0 Å². The van der Waals surface area contributed by atoms with Gasteiger partial charge < -0.3 is 22.4 Å². The first kappa shape index (κ1) is 30.2. The second-order valence-electron chi connectivity index (χ2n) is 4.46. The second-order valence-corrected chi connectivity index (χ2v) is 6.13. The van der Waals surface area contributed by atoms with Crippen molar-refractivity contribution in [2.45, 2.75) is 32.2 Å². The molecule has 25 heavy (non-hydrogen) atoms. The first-order valence-electron chi connectivity index (χ1n) is 7.37. The molecule has 0 spiro atoms. The third kappa shape index (κ3) is 15.2. The van der Waals surface area contributed by atoms with Gasteiger partial charge >= 0.3 is 7.82 Å². The number of phosphoric ester groups is 1. The van der Waals surface area contributed by atoms with Gasteiger partial charge in [-0.25, -0.2) is 4.57 Å². The van der Waals surface area contributed by atoms with Crippen molar-refractivity contribution < 1.29 is 77.4 Å². The van der Waals surface area contributed by atoms with Gasteiger partial charge in [0.2, 0.25) is 5.91 Å². The van der Waals surface area contributed by atoms with E-state index in [-0.39, 0.29) is 69.5 Å². The first-order valence-corrected chi connectivity index (χ1v) is 8.83. The van der Waals surface area contributed by atoms with Gasteiger partial charge in [-0.2, -0.15) is 12.8 Å². The summed E-state index contributed by atoms with van der Waals surface area (Å²) in [4.78, 5) is 22.4. The van der Waals surface area contributed by atoms with Gasteiger partial charge in [-0.15, -0.1) is 6.58 Å². The standard InChI is InChI=1S/C14H25N2O6P.U.V/c1-4-7-8-15-14(18)13(16-12-17)11-22-23(19,20-9-5-2)21-10-6-3;;/h5,13H,2-4,6-11H2,1H3,(H,15,18)(H,16,17);;/q-2;;. The molecule has 0 aliphatic rings. The van der Waals surface area contributed by atoms with Crippen molar-refractivity contribution in [1.29, 1.82) is 0 Å². The summed E-state index contributed by atoms with van der Waals surface area (Å²) in [5.41, 5.74) is 0. The molecule has 0 aliphatic heterocycles. The van der Waals surface area contributed by atoms with Gasteiger partial charge in [0.15, 0.2) is 0 Å². The summed E-state index contributed by atoms with van der Waals surface area (Å²) in [6.45, 7) is 9.09. The largest absolute Gasteiger partial charge is 0.520 e. The number of rotatable bonds is 15. The fraction of sp³-hybridized carbons (Fsp3) is 0.643. The summed E-state index contributed by atoms with van der Waals surface area (Å²) >= 11 is 0. The molecule has 2 N–H and O–H groups in total. The normalized spacial score (nSPS) is 13.4. The van der Waals surface area contributed by atoms with E-state index < -0.39 is 19.8 Å². The van der Waals surface area contributed by atoms with E-state index in [1.54, 1.807) is 0 Å². The number of hydrogen-bond donors (Lipinski definition) is 2. The number of carbonyl (C=O) groups is 1. The van der Waals surface area contributed by atoms with Crippen LogP contribution in [0.1, 0.15) is 26.2 Å². The molecule has 0 bridgehead atoms. The predicted octanol–water partition coefficient (Wildman–Crippen LogP) is 1.49. The van der Waals surface area contributed by atoms with Gasteiger partial charge in [0.05, 0.1) is 13.2 Å². The Balaban J connectivity index is -0.00000242. The predicted molar refractivity (Wildman–Crippen MR) is 86.2 cm³/mol. The summed E-state index contributed by atoms with van der Waals surface area (Å²) in [5, 5.41) is 4.82. The van der Waals surface area contributed by atoms with E-state index in [0.717, 1.165) is 12.8 Å². The molecule has 0 saturated carbocycles. The van der Waals surface area contributed by atoms with Crippen LogP contribution in [0.15, 0.2) is 12.7 Å². The maximum atomic E-state index is 12.3. The fourth-order valence-electron chi connectivity index (χ4n) is 1.36. The van der Waals surface area contributed by atoms with E-state index in [2.05, 4.69) is 24.1 Å². The molecule has 0 aliphatic carbocycles. The van der Waals surface area contributed by atoms with Crippen LogP contribution in [0.25, 0.3) is 0 Å². The Labute approximate surface area is 185 Å². The van der Waals surface area contributed by atoms with Gasteiger partial charge in [0.1, 0.15) is 6.04 Å². The molecule has 2 atom stereocenters. The Morgan fingerprint density at radius 3 is 2.60 bits per heavy atom. The Bertz CT molecular complexity index is 417. The maximum Gasteiger partial charge on any atom is 0.475 e. The minimum atomic E-state index is -3.86. The number of amides is 2. The smallest absolute Gasteiger partial charge is 0.475 e. The van der Waals surface area contributed by atoms with Crippen LogP contribution in [-0.4, -0.2) is 44.7 Å². The molecule has 2 amide bonds. The summed E-state index contributed by atoms with van der Waals surface area (Å²) < 4.78 is 27.5. The molecule has 11 heteroatoms. The fourth-order valence-corrected chi connectivity index (χ4v) is 2.56. The Morgan fingerprint density at radius 1 is 1.40 bits per heavy atom. The molecule has 0 aromatic rings. The van der Waals surface area contributed by atoms with Gasteiger partial charge in [-0.1, -0.05) is 19.4 Å². The van der Waals surface area contributed by atoms with Gasteiger partial charge in [0.25, 0.3) is 0 Å². The topological polar surface area (TPSA) is 103 Å². The molecule has 0 rings (SSSR count). The summed E-state index contributed by atoms with van der Waals surface area (Å²) in [5.74, 6) is -0.464. The molecule has 0 aromatic carbocycles. The van der Waals surface area contributed by atoms with Crippen molar-refractivity contribution >= 4 is 20.1 Å². The first-order chi connectivity index (χ1) is 11.0. The van der Waals surface area contributed by atoms with Crippen LogP contribution < -0.4 is 10.6 Å². The Hall–Kier alpha value is 0.426. The van der Waals surface area contributed by atoms with Gasteiger partial charge in [0, 0.05) is 62.8 Å². The third-order valence-electron chi connectivity index (χ3n) is 2.52. The molecule has 0 fully saturated rings. The zero-order valence-corrected chi connectivity index (χ0v) is 20.8. The molecular weight excluding hydrogens is 612 g/mol. The monoisotopic (exact) mass is 637 g/mol. The number of carbonyl (C=O) groups excluding carboxylic acids is 2. The van der Waals surface area contributed by atoms with Crippen molar-refractivity contribution in [3.8, 4) is 0 Å². The molecule has 0 saturated heterocycles. The summed E-state index contributed by atoms with van der Waals surface area (Å²) in [6, 6.07) is -1.05. The Morgan fingerprint density at radius 2 is 2.08 bits per heavy atom. The Kier molecular flexibility index (Phi) is 23.2. The van der Waals surface area contributed by atoms with Crippen molar-refractivity contribution in [2.24, 2.45) is 0 Å². The second kappa shape index (κ2) is 19.2. The van der Waals surface area contributed by atoms with E-state index >= 15 is 0 Å². The zero-order chi connectivity index (χ0) is 17.6. The van der Waals surface area contributed by atoms with Crippen molar-refractivity contribution in [1.82, 2.24) is 10.6 Å². The van der Waals surface area contributed by atoms with E-state index in [1.807, 2.05) is 6.92 Å². The minimum absolute atomic E-state index is 0. The third-order valence-corrected chi connectivity index (χ3v) is 3.95. The molecule has 2 unspecified atom stereocenters. The van der Waals surface area contributed by atoms with Crippen molar-refractivity contribution in [3.63, 3.8) is 0 Å². The van der Waals surface area contributed by atoms with Crippen molar-refractivity contribution in [2.75, 3.05) is 26.4 Å². The van der Waals surface area contributed by atoms with Crippen LogP contribution in [0.3, 0.4) is 0 Å². The molecule has 8 nitrogen and oxygen atoms in total. The molecule has 143 valence electrons. The van der Waals surface area contributed by atoms with Gasteiger partial charge in [-0.05, 0) is 6.42 Å². The zero-order valence-electron chi connectivity index (χ0n) is 14.4. The van der Waals surface area contributed by atoms with Crippen LogP contribution >= 0.6 is 7.82 Å². The van der Waals surface area contributed by atoms with Crippen molar-refractivity contribution in [3.05, 3.63) is 19.6 Å². The number of nitrogens with one attached hydrogen (secondary N) is 2. The van der Waals surface area contributed by atoms with E-state index in [1.165, 1.54) is 12.5 Å². The molecule has 1 radical (unpaired) electrons. The SMILES string of the molecule is C=CCOP(=O)(OCC[CH2-])OCC(N[C-]=O)C(=O)NCCCC.[U].[V]. The van der Waals surface area contributed by atoms with Crippen LogP contribution in [0.4, 0.5) is 0 Å². The molecular formula is C14H25N2O6PUV-2. The maximum absolute atomic E-state index is 12.3. The van der Waals surface area contributed by atoms with Crippen LogP contribution in [0.5, 0.6) is 0 Å². The van der Waals surface area contributed by atoms with Gasteiger partial charge in [-0.3, -0.25) is 18.4 Å². The number of unbranched alkanes of at least 4 members (excludes halogenated alkanes) is 1. The van der Waals surface area contributed by atoms with E-state index in [4.69, 9.17) is 13.6 Å².